The van der Waals surface area contributed by atoms with Crippen LogP contribution in [0.1, 0.15) is 30.7 Å². The number of pyridine rings is 1. The van der Waals surface area contributed by atoms with Crippen LogP contribution in [0, 0.1) is 5.92 Å². The standard InChI is InChI=1S/C22H22N4O2/c27-21(16-8-2-1-3-9-16)24-14-20-18-11-4-5-12-19(18)22(28)26(25-20)15-17-10-6-7-13-23-17/h1-2,4-7,10-13,16H,3,8-9,14-15H2,(H,24,27). The average Bonchev–Trinajstić information content (AvgIpc) is 2.76. The molecule has 0 saturated heterocycles. The third-order valence-corrected chi connectivity index (χ3v) is 5.05. The highest BCUT2D eigenvalue weighted by Gasteiger charge is 2.19. The van der Waals surface area contributed by atoms with E-state index in [9.17, 15) is 9.59 Å². The largest absolute Gasteiger partial charge is 0.350 e. The molecule has 0 aliphatic heterocycles. The van der Waals surface area contributed by atoms with Crippen molar-refractivity contribution in [2.24, 2.45) is 5.92 Å². The maximum atomic E-state index is 12.8. The number of rotatable bonds is 5. The Hall–Kier alpha value is -3.28. The first-order valence-electron chi connectivity index (χ1n) is 9.54. The van der Waals surface area contributed by atoms with Gasteiger partial charge in [-0.25, -0.2) is 4.68 Å². The second-order valence-corrected chi connectivity index (χ2v) is 6.98. The zero-order valence-corrected chi connectivity index (χ0v) is 15.5. The summed E-state index contributed by atoms with van der Waals surface area (Å²) < 4.78 is 1.43. The van der Waals surface area contributed by atoms with Gasteiger partial charge in [0.05, 0.1) is 29.9 Å². The quantitative estimate of drug-likeness (QED) is 0.697. The van der Waals surface area contributed by atoms with Gasteiger partial charge in [0.2, 0.25) is 5.91 Å². The van der Waals surface area contributed by atoms with Crippen molar-refractivity contribution in [3.63, 3.8) is 0 Å². The van der Waals surface area contributed by atoms with Gasteiger partial charge in [0, 0.05) is 17.5 Å². The number of allylic oxidation sites excluding steroid dienone is 2. The Kier molecular flexibility index (Phi) is 5.28. The van der Waals surface area contributed by atoms with Crippen molar-refractivity contribution in [2.45, 2.75) is 32.4 Å². The van der Waals surface area contributed by atoms with E-state index in [0.29, 0.717) is 24.2 Å². The predicted molar refractivity (Wildman–Crippen MR) is 108 cm³/mol. The number of aromatic nitrogens is 3. The minimum Gasteiger partial charge on any atom is -0.350 e. The number of carbonyl (C=O) groups is 1. The fourth-order valence-corrected chi connectivity index (χ4v) is 3.54. The van der Waals surface area contributed by atoms with E-state index in [1.165, 1.54) is 4.68 Å². The molecular weight excluding hydrogens is 352 g/mol. The average molecular weight is 374 g/mol. The molecule has 1 unspecified atom stereocenters. The fourth-order valence-electron chi connectivity index (χ4n) is 3.54. The zero-order chi connectivity index (χ0) is 19.3. The van der Waals surface area contributed by atoms with Gasteiger partial charge in [0.1, 0.15) is 0 Å². The van der Waals surface area contributed by atoms with Crippen LogP contribution in [-0.4, -0.2) is 20.7 Å². The van der Waals surface area contributed by atoms with Gasteiger partial charge < -0.3 is 5.32 Å². The summed E-state index contributed by atoms with van der Waals surface area (Å²) in [5, 5.41) is 8.92. The molecule has 3 aromatic rings. The van der Waals surface area contributed by atoms with Gasteiger partial charge in [-0.1, -0.05) is 36.4 Å². The molecule has 0 bridgehead atoms. The van der Waals surface area contributed by atoms with Crippen molar-refractivity contribution < 1.29 is 4.79 Å². The Labute approximate surface area is 162 Å². The zero-order valence-electron chi connectivity index (χ0n) is 15.5. The number of amides is 1. The topological polar surface area (TPSA) is 76.9 Å². The van der Waals surface area contributed by atoms with E-state index in [2.05, 4.69) is 27.6 Å². The summed E-state index contributed by atoms with van der Waals surface area (Å²) in [6, 6.07) is 13.0. The SMILES string of the molecule is O=C(NCc1nn(Cc2ccccn2)c(=O)c2ccccc12)C1CC=CCC1. The van der Waals surface area contributed by atoms with E-state index in [4.69, 9.17) is 0 Å². The first kappa shape index (κ1) is 18.1. The van der Waals surface area contributed by atoms with Gasteiger partial charge in [-0.05, 0) is 37.5 Å². The summed E-state index contributed by atoms with van der Waals surface area (Å²) in [7, 11) is 0. The molecule has 0 spiro atoms. The van der Waals surface area contributed by atoms with E-state index in [1.807, 2.05) is 36.4 Å². The number of nitrogens with one attached hydrogen (secondary N) is 1. The van der Waals surface area contributed by atoms with Crippen LogP contribution in [0.25, 0.3) is 10.8 Å². The lowest BCUT2D eigenvalue weighted by Crippen LogP contribution is -2.32. The predicted octanol–water partition coefficient (Wildman–Crippen LogP) is 2.81. The van der Waals surface area contributed by atoms with E-state index in [1.54, 1.807) is 12.3 Å². The molecule has 4 rings (SSSR count). The molecule has 0 saturated carbocycles. The second kappa shape index (κ2) is 8.17. The Morgan fingerprint density at radius 2 is 1.93 bits per heavy atom. The molecule has 6 nitrogen and oxygen atoms in total. The number of hydrogen-bond donors (Lipinski definition) is 1. The molecule has 0 radical (unpaired) electrons. The van der Waals surface area contributed by atoms with Crippen LogP contribution < -0.4 is 10.9 Å². The summed E-state index contributed by atoms with van der Waals surface area (Å²) in [6.45, 7) is 0.584. The summed E-state index contributed by atoms with van der Waals surface area (Å²) in [5.41, 5.74) is 1.29. The molecule has 6 heteroatoms. The smallest absolute Gasteiger partial charge is 0.275 e. The van der Waals surface area contributed by atoms with Crippen LogP contribution in [0.15, 0.2) is 65.6 Å². The van der Waals surface area contributed by atoms with E-state index >= 15 is 0 Å². The molecule has 142 valence electrons. The molecule has 1 aliphatic rings. The van der Waals surface area contributed by atoms with Crippen molar-refractivity contribution in [1.82, 2.24) is 20.1 Å². The Balaban J connectivity index is 1.63. The lowest BCUT2D eigenvalue weighted by atomic mass is 9.93. The summed E-state index contributed by atoms with van der Waals surface area (Å²) in [6.07, 6.45) is 8.46. The maximum absolute atomic E-state index is 12.8. The van der Waals surface area contributed by atoms with E-state index in [0.717, 1.165) is 30.3 Å². The molecule has 1 amide bonds. The van der Waals surface area contributed by atoms with Crippen LogP contribution in [0.3, 0.4) is 0 Å². The third-order valence-electron chi connectivity index (χ3n) is 5.05. The number of nitrogens with zero attached hydrogens (tertiary/aromatic N) is 3. The molecule has 2 heterocycles. The highest BCUT2D eigenvalue weighted by molar-refractivity contribution is 5.84. The van der Waals surface area contributed by atoms with Gasteiger partial charge >= 0.3 is 0 Å². The van der Waals surface area contributed by atoms with Crippen LogP contribution in [0.2, 0.25) is 0 Å². The fraction of sp³-hybridized carbons (Fsp3) is 0.273. The minimum absolute atomic E-state index is 0.00990. The van der Waals surface area contributed by atoms with Crippen LogP contribution in [0.4, 0.5) is 0 Å². The molecule has 1 aliphatic carbocycles. The molecular formula is C22H22N4O2. The van der Waals surface area contributed by atoms with Gasteiger partial charge in [0.15, 0.2) is 0 Å². The van der Waals surface area contributed by atoms with Crippen molar-refractivity contribution >= 4 is 16.7 Å². The lowest BCUT2D eigenvalue weighted by Gasteiger charge is -2.17. The summed E-state index contributed by atoms with van der Waals surface area (Å²) in [4.78, 5) is 29.6. The molecule has 2 aromatic heterocycles. The van der Waals surface area contributed by atoms with Gasteiger partial charge in [-0.2, -0.15) is 5.10 Å². The minimum atomic E-state index is -0.159. The Bertz CT molecular complexity index is 1070. The van der Waals surface area contributed by atoms with Crippen molar-refractivity contribution in [3.8, 4) is 0 Å². The van der Waals surface area contributed by atoms with Crippen molar-refractivity contribution in [2.75, 3.05) is 0 Å². The highest BCUT2D eigenvalue weighted by Crippen LogP contribution is 2.19. The lowest BCUT2D eigenvalue weighted by molar-refractivity contribution is -0.125. The first-order valence-corrected chi connectivity index (χ1v) is 9.54. The summed E-state index contributed by atoms with van der Waals surface area (Å²) in [5.74, 6) is 0.0494. The molecule has 0 fully saturated rings. The highest BCUT2D eigenvalue weighted by atomic mass is 16.2. The van der Waals surface area contributed by atoms with Crippen molar-refractivity contribution in [1.29, 1.82) is 0 Å². The third kappa shape index (κ3) is 3.86. The number of benzene rings is 1. The maximum Gasteiger partial charge on any atom is 0.275 e. The van der Waals surface area contributed by atoms with Crippen LogP contribution in [-0.2, 0) is 17.9 Å². The van der Waals surface area contributed by atoms with E-state index in [-0.39, 0.29) is 17.4 Å². The van der Waals surface area contributed by atoms with Crippen molar-refractivity contribution in [3.05, 3.63) is 82.6 Å². The Morgan fingerprint density at radius 1 is 1.11 bits per heavy atom. The first-order chi connectivity index (χ1) is 13.7. The van der Waals surface area contributed by atoms with E-state index < -0.39 is 0 Å². The van der Waals surface area contributed by atoms with Crippen LogP contribution >= 0.6 is 0 Å². The van der Waals surface area contributed by atoms with Gasteiger partial charge in [-0.3, -0.25) is 14.6 Å². The molecule has 28 heavy (non-hydrogen) atoms. The van der Waals surface area contributed by atoms with Gasteiger partial charge in [-0.15, -0.1) is 0 Å². The Morgan fingerprint density at radius 3 is 2.68 bits per heavy atom. The summed E-state index contributed by atoms with van der Waals surface area (Å²) >= 11 is 0. The number of fused-ring (bicyclic) bond motifs is 1. The van der Waals surface area contributed by atoms with Crippen LogP contribution in [0.5, 0.6) is 0 Å². The molecule has 1 atom stereocenters. The van der Waals surface area contributed by atoms with Gasteiger partial charge in [0.25, 0.3) is 5.56 Å². The molecule has 1 aromatic carbocycles. The second-order valence-electron chi connectivity index (χ2n) is 6.98. The number of carbonyl (C=O) groups excluding carboxylic acids is 1. The molecule has 1 N–H and O–H groups in total. The normalized spacial score (nSPS) is 16.2. The monoisotopic (exact) mass is 374 g/mol. The number of hydrogen-bond acceptors (Lipinski definition) is 4.